The third-order valence-corrected chi connectivity index (χ3v) is 5.71. The van der Waals surface area contributed by atoms with Crippen molar-refractivity contribution < 1.29 is 9.13 Å². The van der Waals surface area contributed by atoms with Gasteiger partial charge >= 0.3 is 0 Å². The zero-order valence-corrected chi connectivity index (χ0v) is 17.7. The Morgan fingerprint density at radius 2 is 1.84 bits per heavy atom. The van der Waals surface area contributed by atoms with Crippen LogP contribution in [0.5, 0.6) is 5.75 Å². The molecule has 0 bridgehead atoms. The van der Waals surface area contributed by atoms with E-state index < -0.39 is 0 Å². The first kappa shape index (κ1) is 19.9. The first-order valence-corrected chi connectivity index (χ1v) is 10.3. The maximum absolute atomic E-state index is 13.4. The lowest BCUT2D eigenvalue weighted by Crippen LogP contribution is -2.21. The van der Waals surface area contributed by atoms with Gasteiger partial charge in [0.2, 0.25) is 0 Å². The van der Waals surface area contributed by atoms with Crippen LogP contribution in [0.25, 0.3) is 27.7 Å². The molecule has 0 fully saturated rings. The van der Waals surface area contributed by atoms with Gasteiger partial charge in [0.25, 0.3) is 5.56 Å². The minimum Gasteiger partial charge on any atom is -0.496 e. The van der Waals surface area contributed by atoms with E-state index in [0.717, 1.165) is 28.1 Å². The standard InChI is InChI=1S/C25H21FN4O2/c1-16-23(18-7-9-19(26)10-8-18)24-27-15-20-21(30(24)28-16)12-14-29(25(20)31)13-11-17-5-3-4-6-22(17)32-2/h3-10,12,14-15H,11,13H2,1-2H3. The summed E-state index contributed by atoms with van der Waals surface area (Å²) in [6.07, 6.45) is 4.05. The van der Waals surface area contributed by atoms with E-state index in [1.54, 1.807) is 40.7 Å². The molecule has 6 nitrogen and oxygen atoms in total. The van der Waals surface area contributed by atoms with Gasteiger partial charge in [-0.1, -0.05) is 30.3 Å². The van der Waals surface area contributed by atoms with Gasteiger partial charge in [-0.3, -0.25) is 4.79 Å². The van der Waals surface area contributed by atoms with Gasteiger partial charge in [0.15, 0.2) is 5.65 Å². The highest BCUT2D eigenvalue weighted by molar-refractivity contribution is 5.86. The van der Waals surface area contributed by atoms with Crippen LogP contribution < -0.4 is 10.3 Å². The van der Waals surface area contributed by atoms with Crippen molar-refractivity contribution in [2.75, 3.05) is 7.11 Å². The van der Waals surface area contributed by atoms with E-state index in [1.165, 1.54) is 12.1 Å². The van der Waals surface area contributed by atoms with E-state index in [4.69, 9.17) is 4.74 Å². The zero-order valence-electron chi connectivity index (χ0n) is 17.7. The van der Waals surface area contributed by atoms with Gasteiger partial charge in [-0.2, -0.15) is 5.10 Å². The number of nitrogens with zero attached hydrogens (tertiary/aromatic N) is 4. The number of methoxy groups -OCH3 is 1. The molecule has 0 saturated heterocycles. The predicted molar refractivity (Wildman–Crippen MR) is 122 cm³/mol. The van der Waals surface area contributed by atoms with Gasteiger partial charge in [-0.25, -0.2) is 13.9 Å². The van der Waals surface area contributed by atoms with Crippen LogP contribution in [0, 0.1) is 12.7 Å². The van der Waals surface area contributed by atoms with Crippen LogP contribution in [0.4, 0.5) is 4.39 Å². The summed E-state index contributed by atoms with van der Waals surface area (Å²) in [6, 6.07) is 15.9. The van der Waals surface area contributed by atoms with Crippen molar-refractivity contribution in [3.05, 3.63) is 94.4 Å². The van der Waals surface area contributed by atoms with Crippen LogP contribution >= 0.6 is 0 Å². The number of para-hydroxylation sites is 1. The maximum atomic E-state index is 13.4. The van der Waals surface area contributed by atoms with Crippen LogP contribution in [-0.2, 0) is 13.0 Å². The smallest absolute Gasteiger partial charge is 0.261 e. The SMILES string of the molecule is COc1ccccc1CCn1ccc2c(cnc3c(-c4ccc(F)cc4)c(C)nn32)c1=O. The number of halogens is 1. The molecule has 0 aliphatic heterocycles. The predicted octanol–water partition coefficient (Wildman–Crippen LogP) is 4.41. The van der Waals surface area contributed by atoms with Crippen molar-refractivity contribution in [2.24, 2.45) is 0 Å². The summed E-state index contributed by atoms with van der Waals surface area (Å²) in [4.78, 5) is 17.7. The van der Waals surface area contributed by atoms with Gasteiger partial charge < -0.3 is 9.30 Å². The molecule has 5 aromatic rings. The Hall–Kier alpha value is -4.00. The first-order chi connectivity index (χ1) is 15.6. The van der Waals surface area contributed by atoms with Gasteiger partial charge in [0.1, 0.15) is 11.6 Å². The number of hydrogen-bond donors (Lipinski definition) is 0. The maximum Gasteiger partial charge on any atom is 0.261 e. The molecule has 0 aliphatic carbocycles. The van der Waals surface area contributed by atoms with E-state index in [2.05, 4.69) is 10.1 Å². The Kier molecular flexibility index (Phi) is 4.93. The third kappa shape index (κ3) is 3.32. The quantitative estimate of drug-likeness (QED) is 0.416. The minimum absolute atomic E-state index is 0.122. The van der Waals surface area contributed by atoms with Crippen molar-refractivity contribution in [1.29, 1.82) is 0 Å². The van der Waals surface area contributed by atoms with Crippen molar-refractivity contribution >= 4 is 16.6 Å². The van der Waals surface area contributed by atoms with Crippen molar-refractivity contribution in [3.63, 3.8) is 0 Å². The molecule has 0 atom stereocenters. The zero-order chi connectivity index (χ0) is 22.2. The molecule has 7 heteroatoms. The summed E-state index contributed by atoms with van der Waals surface area (Å²) >= 11 is 0. The van der Waals surface area contributed by atoms with Gasteiger partial charge in [-0.05, 0) is 48.7 Å². The summed E-state index contributed by atoms with van der Waals surface area (Å²) < 4.78 is 22.1. The topological polar surface area (TPSA) is 61.4 Å². The number of rotatable bonds is 5. The number of fused-ring (bicyclic) bond motifs is 3. The highest BCUT2D eigenvalue weighted by Crippen LogP contribution is 2.28. The molecule has 3 heterocycles. The molecule has 5 rings (SSSR count). The lowest BCUT2D eigenvalue weighted by atomic mass is 10.1. The normalized spacial score (nSPS) is 11.3. The Bertz CT molecular complexity index is 1500. The largest absolute Gasteiger partial charge is 0.496 e. The van der Waals surface area contributed by atoms with Crippen molar-refractivity contribution in [3.8, 4) is 16.9 Å². The summed E-state index contributed by atoms with van der Waals surface area (Å²) in [5.41, 5.74) is 4.66. The lowest BCUT2D eigenvalue weighted by Gasteiger charge is -2.10. The van der Waals surface area contributed by atoms with Crippen molar-refractivity contribution in [1.82, 2.24) is 19.2 Å². The molecule has 0 spiro atoms. The van der Waals surface area contributed by atoms with Crippen LogP contribution in [-0.4, -0.2) is 26.3 Å². The fourth-order valence-electron chi connectivity index (χ4n) is 4.10. The van der Waals surface area contributed by atoms with E-state index in [0.29, 0.717) is 29.5 Å². The Morgan fingerprint density at radius 1 is 1.06 bits per heavy atom. The molecule has 0 amide bonds. The van der Waals surface area contributed by atoms with E-state index >= 15 is 0 Å². The molecule has 32 heavy (non-hydrogen) atoms. The Labute approximate surface area is 183 Å². The molecule has 2 aromatic carbocycles. The second kappa shape index (κ2) is 7.92. The number of aromatic nitrogens is 4. The molecule has 0 radical (unpaired) electrons. The summed E-state index contributed by atoms with van der Waals surface area (Å²) in [5, 5.41) is 5.12. The van der Waals surface area contributed by atoms with Gasteiger partial charge in [0.05, 0.1) is 23.7 Å². The van der Waals surface area contributed by atoms with E-state index in [-0.39, 0.29) is 11.4 Å². The van der Waals surface area contributed by atoms with Crippen LogP contribution in [0.1, 0.15) is 11.3 Å². The highest BCUT2D eigenvalue weighted by atomic mass is 19.1. The number of hydrogen-bond acceptors (Lipinski definition) is 4. The van der Waals surface area contributed by atoms with Gasteiger partial charge in [0, 0.05) is 24.5 Å². The molecular formula is C25H21FN4O2. The van der Waals surface area contributed by atoms with E-state index in [9.17, 15) is 9.18 Å². The molecular weight excluding hydrogens is 407 g/mol. The average molecular weight is 428 g/mol. The Morgan fingerprint density at radius 3 is 2.62 bits per heavy atom. The lowest BCUT2D eigenvalue weighted by molar-refractivity contribution is 0.408. The number of pyridine rings is 1. The van der Waals surface area contributed by atoms with Crippen molar-refractivity contribution in [2.45, 2.75) is 19.9 Å². The monoisotopic (exact) mass is 428 g/mol. The average Bonchev–Trinajstić information content (AvgIpc) is 3.15. The summed E-state index contributed by atoms with van der Waals surface area (Å²) in [6.45, 7) is 2.40. The second-order valence-electron chi connectivity index (χ2n) is 7.64. The fourth-order valence-corrected chi connectivity index (χ4v) is 4.10. The number of benzene rings is 2. The highest BCUT2D eigenvalue weighted by Gasteiger charge is 2.16. The second-order valence-corrected chi connectivity index (χ2v) is 7.64. The van der Waals surface area contributed by atoms with Gasteiger partial charge in [-0.15, -0.1) is 0 Å². The summed E-state index contributed by atoms with van der Waals surface area (Å²) in [7, 11) is 1.64. The first-order valence-electron chi connectivity index (χ1n) is 10.3. The van der Waals surface area contributed by atoms with Crippen LogP contribution in [0.15, 0.2) is 71.8 Å². The van der Waals surface area contributed by atoms with Crippen LogP contribution in [0.2, 0.25) is 0 Å². The minimum atomic E-state index is -0.296. The number of ether oxygens (including phenoxy) is 1. The molecule has 160 valence electrons. The molecule has 0 aliphatic rings. The van der Waals surface area contributed by atoms with E-state index in [1.807, 2.05) is 37.3 Å². The third-order valence-electron chi connectivity index (χ3n) is 5.71. The van der Waals surface area contributed by atoms with Crippen LogP contribution in [0.3, 0.4) is 0 Å². The molecule has 0 N–H and O–H groups in total. The summed E-state index contributed by atoms with van der Waals surface area (Å²) in [5.74, 6) is 0.514. The fraction of sp³-hybridized carbons (Fsp3) is 0.160. The number of aryl methyl sites for hydroxylation is 3. The molecule has 0 unspecified atom stereocenters. The molecule has 3 aromatic heterocycles. The molecule has 0 saturated carbocycles. The Balaban J connectivity index is 1.56.